The molecule has 6 heteroatoms. The van der Waals surface area contributed by atoms with Crippen molar-refractivity contribution >= 4 is 40.7 Å². The van der Waals surface area contributed by atoms with Crippen LogP contribution in [-0.2, 0) is 4.79 Å². The number of rotatable bonds is 4. The lowest BCUT2D eigenvalue weighted by Crippen LogP contribution is -2.36. The zero-order valence-electron chi connectivity index (χ0n) is 8.14. The van der Waals surface area contributed by atoms with Crippen molar-refractivity contribution in [3.8, 4) is 0 Å². The topological polar surface area (TPSA) is 40.5 Å². The van der Waals surface area contributed by atoms with Crippen LogP contribution in [0.3, 0.4) is 0 Å². The molecule has 0 saturated heterocycles. The van der Waals surface area contributed by atoms with E-state index in [2.05, 4.69) is 0 Å². The molecule has 1 amide bonds. The second-order valence-corrected chi connectivity index (χ2v) is 5.20. The van der Waals surface area contributed by atoms with Gasteiger partial charge in [-0.05, 0) is 13.8 Å². The Morgan fingerprint density at radius 1 is 1.36 bits per heavy atom. The number of hydrogen-bond acceptors (Lipinski definition) is 2. The molecule has 0 aliphatic heterocycles. The molecule has 0 radical (unpaired) electrons. The number of carbonyl (C=O) groups excluding carboxylic acids is 1. The molecule has 0 aromatic carbocycles. The van der Waals surface area contributed by atoms with Gasteiger partial charge in [0.25, 0.3) is 0 Å². The summed E-state index contributed by atoms with van der Waals surface area (Å²) in [5.41, 5.74) is 0. The summed E-state index contributed by atoms with van der Waals surface area (Å²) in [6.07, 6.45) is -1.43. The maximum atomic E-state index is 11.5. The van der Waals surface area contributed by atoms with Crippen LogP contribution in [0.15, 0.2) is 0 Å². The molecule has 1 unspecified atom stereocenters. The maximum absolute atomic E-state index is 11.5. The Kier molecular flexibility index (Phi) is 6.14. The highest BCUT2D eigenvalue weighted by atomic mass is 35.6. The molecule has 0 spiro atoms. The molecular formula is C8H14Cl3NO2. The normalized spacial score (nSPS) is 13.9. The first-order valence-corrected chi connectivity index (χ1v) is 5.48. The van der Waals surface area contributed by atoms with Crippen LogP contribution in [0.25, 0.3) is 0 Å². The van der Waals surface area contributed by atoms with Gasteiger partial charge in [-0.1, -0.05) is 34.8 Å². The van der Waals surface area contributed by atoms with E-state index in [0.717, 1.165) is 0 Å². The Labute approximate surface area is 98.9 Å². The van der Waals surface area contributed by atoms with Crippen molar-refractivity contribution in [2.24, 2.45) is 0 Å². The van der Waals surface area contributed by atoms with E-state index in [0.29, 0.717) is 13.1 Å². The standard InChI is InChI=1S/C8H14Cl3NO2/c1-3-12(4-2)7(14)5-6(13)8(9,10)11/h6,13H,3-5H2,1-2H3. The fourth-order valence-electron chi connectivity index (χ4n) is 0.987. The lowest BCUT2D eigenvalue weighted by Gasteiger charge is -2.23. The molecule has 0 fully saturated rings. The Morgan fingerprint density at radius 3 is 2.07 bits per heavy atom. The summed E-state index contributed by atoms with van der Waals surface area (Å²) in [4.78, 5) is 13.0. The molecule has 84 valence electrons. The first kappa shape index (κ1) is 14.3. The minimum atomic E-state index is -1.80. The molecule has 0 aliphatic carbocycles. The average Bonchev–Trinajstić information content (AvgIpc) is 2.04. The molecular weight excluding hydrogens is 248 g/mol. The number of hydrogen-bond donors (Lipinski definition) is 1. The van der Waals surface area contributed by atoms with Crippen LogP contribution in [0, 0.1) is 0 Å². The largest absolute Gasteiger partial charge is 0.388 e. The number of carbonyl (C=O) groups is 1. The van der Waals surface area contributed by atoms with Gasteiger partial charge in [0.15, 0.2) is 0 Å². The quantitative estimate of drug-likeness (QED) is 0.787. The van der Waals surface area contributed by atoms with Gasteiger partial charge in [-0.15, -0.1) is 0 Å². The minimum Gasteiger partial charge on any atom is -0.388 e. The first-order valence-electron chi connectivity index (χ1n) is 4.35. The van der Waals surface area contributed by atoms with Gasteiger partial charge >= 0.3 is 0 Å². The number of alkyl halides is 3. The second kappa shape index (κ2) is 6.01. The lowest BCUT2D eigenvalue weighted by atomic mass is 10.2. The zero-order chi connectivity index (χ0) is 11.4. The summed E-state index contributed by atoms with van der Waals surface area (Å²) < 4.78 is -1.80. The summed E-state index contributed by atoms with van der Waals surface area (Å²) in [5, 5.41) is 9.35. The van der Waals surface area contributed by atoms with Crippen LogP contribution in [0.1, 0.15) is 20.3 Å². The third-order valence-corrected chi connectivity index (χ3v) is 2.62. The molecule has 0 aromatic rings. The van der Waals surface area contributed by atoms with E-state index >= 15 is 0 Å². The fourth-order valence-corrected chi connectivity index (χ4v) is 1.22. The van der Waals surface area contributed by atoms with E-state index in [4.69, 9.17) is 34.8 Å². The van der Waals surface area contributed by atoms with Crippen LogP contribution in [0.2, 0.25) is 0 Å². The Morgan fingerprint density at radius 2 is 1.79 bits per heavy atom. The van der Waals surface area contributed by atoms with E-state index < -0.39 is 9.90 Å². The van der Waals surface area contributed by atoms with Gasteiger partial charge in [0, 0.05) is 13.1 Å². The van der Waals surface area contributed by atoms with Gasteiger partial charge in [0.05, 0.1) is 6.42 Å². The van der Waals surface area contributed by atoms with Crippen molar-refractivity contribution in [1.82, 2.24) is 4.90 Å². The van der Waals surface area contributed by atoms with E-state index in [1.54, 1.807) is 4.90 Å². The predicted molar refractivity (Wildman–Crippen MR) is 58.8 cm³/mol. The average molecular weight is 263 g/mol. The van der Waals surface area contributed by atoms with Crippen LogP contribution >= 0.6 is 34.8 Å². The van der Waals surface area contributed by atoms with E-state index in [1.807, 2.05) is 13.8 Å². The molecule has 0 heterocycles. The van der Waals surface area contributed by atoms with Crippen molar-refractivity contribution in [3.05, 3.63) is 0 Å². The molecule has 0 saturated carbocycles. The van der Waals surface area contributed by atoms with Gasteiger partial charge in [0.2, 0.25) is 9.70 Å². The van der Waals surface area contributed by atoms with Gasteiger partial charge < -0.3 is 10.0 Å². The monoisotopic (exact) mass is 261 g/mol. The predicted octanol–water partition coefficient (Wildman–Crippen LogP) is 1.98. The van der Waals surface area contributed by atoms with Crippen LogP contribution < -0.4 is 0 Å². The third kappa shape index (κ3) is 4.69. The summed E-state index contributed by atoms with van der Waals surface area (Å²) in [5.74, 6) is -0.214. The molecule has 1 N–H and O–H groups in total. The lowest BCUT2D eigenvalue weighted by molar-refractivity contribution is -0.132. The number of aliphatic hydroxyl groups is 1. The molecule has 0 rings (SSSR count). The number of amides is 1. The first-order chi connectivity index (χ1) is 6.32. The maximum Gasteiger partial charge on any atom is 0.225 e. The molecule has 3 nitrogen and oxygen atoms in total. The Bertz CT molecular complexity index is 190. The summed E-state index contributed by atoms with van der Waals surface area (Å²) in [7, 11) is 0. The van der Waals surface area contributed by atoms with Gasteiger partial charge in [-0.3, -0.25) is 4.79 Å². The molecule has 1 atom stereocenters. The minimum absolute atomic E-state index is 0.168. The van der Waals surface area contributed by atoms with Crippen LogP contribution in [0.5, 0.6) is 0 Å². The number of halogens is 3. The van der Waals surface area contributed by atoms with Crippen molar-refractivity contribution in [2.75, 3.05) is 13.1 Å². The van der Waals surface area contributed by atoms with E-state index in [-0.39, 0.29) is 12.3 Å². The summed E-state index contributed by atoms with van der Waals surface area (Å²) in [6, 6.07) is 0. The van der Waals surface area contributed by atoms with Crippen molar-refractivity contribution in [2.45, 2.75) is 30.2 Å². The van der Waals surface area contributed by atoms with Crippen LogP contribution in [-0.4, -0.2) is 38.9 Å². The van der Waals surface area contributed by atoms with Crippen molar-refractivity contribution in [3.63, 3.8) is 0 Å². The summed E-state index contributed by atoms with van der Waals surface area (Å²) in [6.45, 7) is 4.87. The summed E-state index contributed by atoms with van der Waals surface area (Å²) >= 11 is 16.3. The molecule has 14 heavy (non-hydrogen) atoms. The highest BCUT2D eigenvalue weighted by Gasteiger charge is 2.33. The van der Waals surface area contributed by atoms with Crippen molar-refractivity contribution < 1.29 is 9.90 Å². The molecule has 0 aromatic heterocycles. The highest BCUT2D eigenvalue weighted by Crippen LogP contribution is 2.31. The van der Waals surface area contributed by atoms with E-state index in [9.17, 15) is 9.90 Å². The number of nitrogens with zero attached hydrogens (tertiary/aromatic N) is 1. The zero-order valence-corrected chi connectivity index (χ0v) is 10.4. The second-order valence-electron chi connectivity index (χ2n) is 2.83. The fraction of sp³-hybridized carbons (Fsp3) is 0.875. The highest BCUT2D eigenvalue weighted by molar-refractivity contribution is 6.68. The number of aliphatic hydroxyl groups excluding tert-OH is 1. The van der Waals surface area contributed by atoms with Gasteiger partial charge in [-0.25, -0.2) is 0 Å². The van der Waals surface area contributed by atoms with E-state index in [1.165, 1.54) is 0 Å². The van der Waals surface area contributed by atoms with Crippen LogP contribution in [0.4, 0.5) is 0 Å². The Hall–Kier alpha value is 0.300. The molecule has 0 bridgehead atoms. The van der Waals surface area contributed by atoms with Gasteiger partial charge in [0.1, 0.15) is 6.10 Å². The third-order valence-electron chi connectivity index (χ3n) is 1.86. The molecule has 0 aliphatic rings. The smallest absolute Gasteiger partial charge is 0.225 e. The van der Waals surface area contributed by atoms with Crippen molar-refractivity contribution in [1.29, 1.82) is 0 Å². The SMILES string of the molecule is CCN(CC)C(=O)CC(O)C(Cl)(Cl)Cl. The van der Waals surface area contributed by atoms with Gasteiger partial charge in [-0.2, -0.15) is 0 Å². The Balaban J connectivity index is 4.18.